The van der Waals surface area contributed by atoms with Gasteiger partial charge in [0.25, 0.3) is 0 Å². The highest BCUT2D eigenvalue weighted by Gasteiger charge is 2.29. The van der Waals surface area contributed by atoms with E-state index in [0.29, 0.717) is 18.6 Å². The summed E-state index contributed by atoms with van der Waals surface area (Å²) in [6, 6.07) is 13.6. The van der Waals surface area contributed by atoms with Gasteiger partial charge in [-0.2, -0.15) is 8.42 Å². The average molecular weight is 416 g/mol. The molecular formula is C23H29NO4S. The van der Waals surface area contributed by atoms with E-state index in [9.17, 15) is 13.2 Å². The van der Waals surface area contributed by atoms with Crippen LogP contribution in [0.3, 0.4) is 0 Å². The van der Waals surface area contributed by atoms with Crippen molar-refractivity contribution in [2.24, 2.45) is 5.92 Å². The second-order valence-electron chi connectivity index (χ2n) is 8.29. The largest absolute Gasteiger partial charge is 0.409 e. The highest BCUT2D eigenvalue weighted by molar-refractivity contribution is 7.85. The number of benzene rings is 2. The normalized spacial score (nSPS) is 16.6. The first-order valence-corrected chi connectivity index (χ1v) is 11.5. The van der Waals surface area contributed by atoms with Gasteiger partial charge in [-0.3, -0.25) is 4.79 Å². The zero-order chi connectivity index (χ0) is 21.2. The van der Waals surface area contributed by atoms with Crippen LogP contribution in [0.1, 0.15) is 68.2 Å². The van der Waals surface area contributed by atoms with Crippen molar-refractivity contribution in [3.05, 3.63) is 64.7 Å². The number of carbonyl (C=O) groups excluding carboxylic acids is 1. The van der Waals surface area contributed by atoms with Gasteiger partial charge in [0.1, 0.15) is 0 Å². The van der Waals surface area contributed by atoms with Crippen molar-refractivity contribution in [2.75, 3.05) is 0 Å². The average Bonchev–Trinajstić information content (AvgIpc) is 2.66. The lowest BCUT2D eigenvalue weighted by Crippen LogP contribution is -2.40. The molecule has 0 radical (unpaired) electrons. The second kappa shape index (κ2) is 8.57. The molecule has 0 fully saturated rings. The molecule has 0 aliphatic heterocycles. The van der Waals surface area contributed by atoms with Gasteiger partial charge in [-0.25, -0.2) is 4.72 Å². The number of aryl methyl sites for hydroxylation is 1. The monoisotopic (exact) mass is 415 g/mol. The molecule has 1 aliphatic carbocycles. The van der Waals surface area contributed by atoms with E-state index in [1.165, 1.54) is 5.56 Å². The van der Waals surface area contributed by atoms with Gasteiger partial charge in [0, 0.05) is 5.92 Å². The van der Waals surface area contributed by atoms with Gasteiger partial charge in [-0.15, -0.1) is 0 Å². The van der Waals surface area contributed by atoms with Crippen LogP contribution in [0.2, 0.25) is 0 Å². The van der Waals surface area contributed by atoms with Gasteiger partial charge in [0.05, 0.1) is 0 Å². The number of carbonyl (C=O) groups is 1. The summed E-state index contributed by atoms with van der Waals surface area (Å²) in [5.41, 5.74) is 3.94. The molecule has 6 heteroatoms. The maximum absolute atomic E-state index is 12.7. The lowest BCUT2D eigenvalue weighted by molar-refractivity contribution is -0.123. The van der Waals surface area contributed by atoms with Gasteiger partial charge < -0.3 is 4.18 Å². The van der Waals surface area contributed by atoms with E-state index in [1.807, 2.05) is 64.1 Å². The Morgan fingerprint density at radius 3 is 2.14 bits per heavy atom. The molecule has 1 N–H and O–H groups in total. The number of hydrogen-bond acceptors (Lipinski definition) is 4. The minimum Gasteiger partial charge on any atom is -0.366 e. The van der Waals surface area contributed by atoms with Crippen LogP contribution in [0.15, 0.2) is 42.5 Å². The van der Waals surface area contributed by atoms with E-state index < -0.39 is 16.2 Å². The number of nitrogens with one attached hydrogen (secondary N) is 1. The van der Waals surface area contributed by atoms with E-state index in [-0.39, 0.29) is 17.8 Å². The fourth-order valence-corrected chi connectivity index (χ4v) is 4.70. The van der Waals surface area contributed by atoms with Crippen LogP contribution in [0.25, 0.3) is 0 Å². The van der Waals surface area contributed by atoms with Crippen LogP contribution in [-0.4, -0.2) is 14.3 Å². The summed E-state index contributed by atoms with van der Waals surface area (Å²) in [5, 5.41) is 0. The Labute approximate surface area is 173 Å². The first-order valence-electron chi connectivity index (χ1n) is 10.1. The van der Waals surface area contributed by atoms with Crippen LogP contribution < -0.4 is 8.91 Å². The molecule has 1 amide bonds. The molecule has 1 atom stereocenters. The highest BCUT2D eigenvalue weighted by Crippen LogP contribution is 2.35. The zero-order valence-corrected chi connectivity index (χ0v) is 18.3. The SMILES string of the molecule is CC(C)c1cccc(C(C)C)c1OS(=O)(=O)NC(=O)C1CCc2ccccc2C1. The Bertz CT molecular complexity index is 969. The smallest absolute Gasteiger partial charge is 0.366 e. The summed E-state index contributed by atoms with van der Waals surface area (Å²) in [5.74, 6) is -0.388. The molecule has 156 valence electrons. The van der Waals surface area contributed by atoms with Gasteiger partial charge in [-0.05, 0) is 53.4 Å². The summed E-state index contributed by atoms with van der Waals surface area (Å²) in [6.07, 6.45) is 1.93. The Hall–Kier alpha value is -2.34. The van der Waals surface area contributed by atoms with Crippen LogP contribution in [0.5, 0.6) is 5.75 Å². The molecule has 0 spiro atoms. The van der Waals surface area contributed by atoms with Crippen molar-refractivity contribution in [3.8, 4) is 5.75 Å². The molecular weight excluding hydrogens is 386 g/mol. The van der Waals surface area contributed by atoms with Crippen LogP contribution in [0, 0.1) is 5.92 Å². The van der Waals surface area contributed by atoms with E-state index in [2.05, 4.69) is 10.8 Å². The fraction of sp³-hybridized carbons (Fsp3) is 0.435. The molecule has 29 heavy (non-hydrogen) atoms. The molecule has 1 unspecified atom stereocenters. The maximum atomic E-state index is 12.7. The van der Waals surface area contributed by atoms with Gasteiger partial charge in [0.2, 0.25) is 5.91 Å². The molecule has 0 saturated carbocycles. The zero-order valence-electron chi connectivity index (χ0n) is 17.4. The third-order valence-corrected chi connectivity index (χ3v) is 6.29. The van der Waals surface area contributed by atoms with E-state index in [4.69, 9.17) is 4.18 Å². The number of hydrogen-bond donors (Lipinski definition) is 1. The van der Waals surface area contributed by atoms with Crippen molar-refractivity contribution >= 4 is 16.2 Å². The van der Waals surface area contributed by atoms with Crippen molar-refractivity contribution in [1.82, 2.24) is 4.72 Å². The Kier molecular flexibility index (Phi) is 6.32. The van der Waals surface area contributed by atoms with Crippen molar-refractivity contribution < 1.29 is 17.4 Å². The lowest BCUT2D eigenvalue weighted by Gasteiger charge is -2.24. The van der Waals surface area contributed by atoms with Crippen molar-refractivity contribution in [2.45, 2.75) is 58.8 Å². The molecule has 3 rings (SSSR count). The number of amides is 1. The minimum atomic E-state index is -4.27. The Morgan fingerprint density at radius 2 is 1.55 bits per heavy atom. The standard InChI is InChI=1S/C23H29NO4S/c1-15(2)20-10-7-11-21(16(3)4)22(20)28-29(26,27)24-23(25)19-13-12-17-8-5-6-9-18(17)14-19/h5-11,15-16,19H,12-14H2,1-4H3,(H,24,25). The van der Waals surface area contributed by atoms with Crippen molar-refractivity contribution in [1.29, 1.82) is 0 Å². The summed E-state index contributed by atoms with van der Waals surface area (Å²) < 4.78 is 33.0. The third-order valence-electron chi connectivity index (χ3n) is 5.46. The van der Waals surface area contributed by atoms with E-state index in [1.54, 1.807) is 0 Å². The van der Waals surface area contributed by atoms with E-state index >= 15 is 0 Å². The van der Waals surface area contributed by atoms with Gasteiger partial charge in [0.15, 0.2) is 5.75 Å². The molecule has 0 saturated heterocycles. The number of fused-ring (bicyclic) bond motifs is 1. The first kappa shape index (κ1) is 21.4. The molecule has 1 aliphatic rings. The molecule has 0 heterocycles. The number of para-hydroxylation sites is 1. The summed E-state index contributed by atoms with van der Waals surface area (Å²) in [6.45, 7) is 7.93. The van der Waals surface area contributed by atoms with E-state index in [0.717, 1.165) is 23.1 Å². The minimum absolute atomic E-state index is 0.0875. The topological polar surface area (TPSA) is 72.5 Å². The summed E-state index contributed by atoms with van der Waals surface area (Å²) in [7, 11) is -4.27. The Balaban J connectivity index is 1.78. The predicted octanol–water partition coefficient (Wildman–Crippen LogP) is 4.48. The van der Waals surface area contributed by atoms with Crippen LogP contribution >= 0.6 is 0 Å². The first-order chi connectivity index (χ1) is 13.7. The fourth-order valence-electron chi connectivity index (χ4n) is 3.84. The quantitative estimate of drug-likeness (QED) is 0.755. The molecule has 5 nitrogen and oxygen atoms in total. The number of rotatable bonds is 6. The van der Waals surface area contributed by atoms with Crippen LogP contribution in [-0.2, 0) is 27.9 Å². The van der Waals surface area contributed by atoms with Crippen LogP contribution in [0.4, 0.5) is 0 Å². The maximum Gasteiger partial charge on any atom is 0.409 e. The van der Waals surface area contributed by atoms with Gasteiger partial charge >= 0.3 is 10.3 Å². The predicted molar refractivity (Wildman–Crippen MR) is 114 cm³/mol. The van der Waals surface area contributed by atoms with Crippen molar-refractivity contribution in [3.63, 3.8) is 0 Å². The molecule has 2 aromatic rings. The lowest BCUT2D eigenvalue weighted by atomic mass is 9.84. The Morgan fingerprint density at radius 1 is 0.966 bits per heavy atom. The van der Waals surface area contributed by atoms with Gasteiger partial charge in [-0.1, -0.05) is 70.2 Å². The molecule has 2 aromatic carbocycles. The second-order valence-corrected chi connectivity index (χ2v) is 9.57. The third kappa shape index (κ3) is 4.99. The summed E-state index contributed by atoms with van der Waals surface area (Å²) in [4.78, 5) is 12.7. The molecule has 0 aromatic heterocycles. The highest BCUT2D eigenvalue weighted by atomic mass is 32.2. The summed E-state index contributed by atoms with van der Waals surface area (Å²) >= 11 is 0. The molecule has 0 bridgehead atoms.